The van der Waals surface area contributed by atoms with E-state index in [2.05, 4.69) is 14.7 Å². The highest BCUT2D eigenvalue weighted by Crippen LogP contribution is 2.20. The summed E-state index contributed by atoms with van der Waals surface area (Å²) in [5, 5.41) is 4.41. The summed E-state index contributed by atoms with van der Waals surface area (Å²) >= 11 is 0. The molecule has 25 heavy (non-hydrogen) atoms. The van der Waals surface area contributed by atoms with E-state index < -0.39 is 10.0 Å². The quantitative estimate of drug-likeness (QED) is 0.807. The maximum absolute atomic E-state index is 11.6. The average molecular weight is 366 g/mol. The summed E-state index contributed by atoms with van der Waals surface area (Å²) in [7, 11) is -3.14. The first-order chi connectivity index (χ1) is 11.9. The summed E-state index contributed by atoms with van der Waals surface area (Å²) in [6.07, 6.45) is 2.61. The smallest absolute Gasteiger partial charge is 0.211 e. The van der Waals surface area contributed by atoms with Gasteiger partial charge in [0.2, 0.25) is 10.0 Å². The molecule has 3 heterocycles. The standard InChI is InChI=1S/C17H26N4O3S/c1-3-25(22,23)19-9-6-15-10-20(13-17-5-4-14(2)24-17)12-16-7-8-18-21(16)11-15/h4-5,7-8,15,19H,3,6,9-13H2,1-2H3. The maximum Gasteiger partial charge on any atom is 0.211 e. The Morgan fingerprint density at radius 3 is 2.88 bits per heavy atom. The summed E-state index contributed by atoms with van der Waals surface area (Å²) < 4.78 is 33.7. The molecule has 0 spiro atoms. The van der Waals surface area contributed by atoms with E-state index in [-0.39, 0.29) is 5.75 Å². The van der Waals surface area contributed by atoms with Crippen molar-refractivity contribution in [1.29, 1.82) is 0 Å². The summed E-state index contributed by atoms with van der Waals surface area (Å²) in [6, 6.07) is 6.04. The van der Waals surface area contributed by atoms with Gasteiger partial charge in [0.25, 0.3) is 0 Å². The van der Waals surface area contributed by atoms with Gasteiger partial charge in [-0.05, 0) is 44.4 Å². The largest absolute Gasteiger partial charge is 0.465 e. The van der Waals surface area contributed by atoms with Crippen molar-refractivity contribution >= 4 is 10.0 Å². The van der Waals surface area contributed by atoms with E-state index in [9.17, 15) is 8.42 Å². The number of rotatable bonds is 7. The number of sulfonamides is 1. The molecule has 0 fully saturated rings. The highest BCUT2D eigenvalue weighted by atomic mass is 32.2. The SMILES string of the molecule is CCS(=O)(=O)NCCC1CN(Cc2ccc(C)o2)Cc2ccnn2C1. The Morgan fingerprint density at radius 1 is 1.32 bits per heavy atom. The zero-order valence-corrected chi connectivity index (χ0v) is 15.6. The fraction of sp³-hybridized carbons (Fsp3) is 0.588. The van der Waals surface area contributed by atoms with Crippen LogP contribution < -0.4 is 4.72 Å². The lowest BCUT2D eigenvalue weighted by molar-refractivity contribution is 0.200. The van der Waals surface area contributed by atoms with Crippen LogP contribution in [0.15, 0.2) is 28.8 Å². The highest BCUT2D eigenvalue weighted by molar-refractivity contribution is 7.89. The number of furan rings is 1. The number of aromatic nitrogens is 2. The van der Waals surface area contributed by atoms with Gasteiger partial charge in [-0.3, -0.25) is 9.58 Å². The van der Waals surface area contributed by atoms with Crippen LogP contribution in [0.4, 0.5) is 0 Å². The molecule has 3 rings (SSSR count). The van der Waals surface area contributed by atoms with Gasteiger partial charge in [-0.2, -0.15) is 5.10 Å². The van der Waals surface area contributed by atoms with Gasteiger partial charge in [-0.15, -0.1) is 0 Å². The second-order valence-corrected chi connectivity index (χ2v) is 8.73. The Kier molecular flexibility index (Phi) is 5.61. The third-order valence-corrected chi connectivity index (χ3v) is 5.97. The van der Waals surface area contributed by atoms with Gasteiger partial charge in [0.1, 0.15) is 11.5 Å². The minimum absolute atomic E-state index is 0.116. The van der Waals surface area contributed by atoms with Gasteiger partial charge in [0.15, 0.2) is 0 Å². The van der Waals surface area contributed by atoms with Crippen LogP contribution in [0.2, 0.25) is 0 Å². The van der Waals surface area contributed by atoms with Crippen LogP contribution >= 0.6 is 0 Å². The van der Waals surface area contributed by atoms with E-state index in [0.717, 1.165) is 44.1 Å². The Morgan fingerprint density at radius 2 is 2.16 bits per heavy atom. The molecule has 0 radical (unpaired) electrons. The molecule has 138 valence electrons. The molecule has 0 amide bonds. The van der Waals surface area contributed by atoms with Crippen molar-refractivity contribution in [3.05, 3.63) is 41.6 Å². The van der Waals surface area contributed by atoms with Crippen molar-refractivity contribution in [1.82, 2.24) is 19.4 Å². The molecule has 0 aromatic carbocycles. The van der Waals surface area contributed by atoms with Crippen LogP contribution in [-0.4, -0.2) is 41.9 Å². The summed E-state index contributed by atoms with van der Waals surface area (Å²) in [6.45, 7) is 7.32. The molecule has 0 aliphatic carbocycles. The van der Waals surface area contributed by atoms with E-state index >= 15 is 0 Å². The van der Waals surface area contributed by atoms with E-state index in [4.69, 9.17) is 4.42 Å². The average Bonchev–Trinajstić information content (AvgIpc) is 3.12. The van der Waals surface area contributed by atoms with Crippen LogP contribution in [0.25, 0.3) is 0 Å². The molecular weight excluding hydrogens is 340 g/mol. The molecule has 0 saturated heterocycles. The van der Waals surface area contributed by atoms with Crippen LogP contribution in [0.5, 0.6) is 0 Å². The number of fused-ring (bicyclic) bond motifs is 1. The molecule has 1 aliphatic heterocycles. The third kappa shape index (κ3) is 4.93. The Hall–Kier alpha value is -1.64. The second-order valence-electron chi connectivity index (χ2n) is 6.64. The first kappa shape index (κ1) is 18.2. The Bertz CT molecular complexity index is 796. The molecule has 2 aromatic heterocycles. The lowest BCUT2D eigenvalue weighted by Crippen LogP contribution is -2.32. The Labute approximate surface area is 149 Å². The number of hydrogen-bond donors (Lipinski definition) is 1. The Balaban J connectivity index is 1.66. The van der Waals surface area contributed by atoms with Gasteiger partial charge >= 0.3 is 0 Å². The minimum atomic E-state index is -3.14. The normalized spacial score (nSPS) is 18.9. The summed E-state index contributed by atoms with van der Waals surface area (Å²) in [5.74, 6) is 2.32. The van der Waals surface area contributed by atoms with Crippen molar-refractivity contribution in [2.75, 3.05) is 18.8 Å². The predicted octanol–water partition coefficient (Wildman–Crippen LogP) is 1.75. The van der Waals surface area contributed by atoms with Crippen LogP contribution in [0, 0.1) is 12.8 Å². The van der Waals surface area contributed by atoms with Gasteiger partial charge in [0, 0.05) is 32.4 Å². The fourth-order valence-corrected chi connectivity index (χ4v) is 3.87. The molecule has 1 atom stereocenters. The maximum atomic E-state index is 11.6. The fourth-order valence-electron chi connectivity index (χ4n) is 3.23. The first-order valence-electron chi connectivity index (χ1n) is 8.71. The number of aryl methyl sites for hydroxylation is 1. The van der Waals surface area contributed by atoms with E-state index in [1.807, 2.05) is 36.0 Å². The number of nitrogens with one attached hydrogen (secondary N) is 1. The topological polar surface area (TPSA) is 80.4 Å². The van der Waals surface area contributed by atoms with Gasteiger partial charge in [-0.1, -0.05) is 0 Å². The lowest BCUT2D eigenvalue weighted by atomic mass is 10.1. The molecule has 0 bridgehead atoms. The van der Waals surface area contributed by atoms with Crippen molar-refractivity contribution in [2.45, 2.75) is 39.9 Å². The first-order valence-corrected chi connectivity index (χ1v) is 10.4. The zero-order chi connectivity index (χ0) is 17.9. The van der Waals surface area contributed by atoms with Crippen molar-refractivity contribution in [3.8, 4) is 0 Å². The third-order valence-electron chi connectivity index (χ3n) is 4.57. The van der Waals surface area contributed by atoms with Gasteiger partial charge < -0.3 is 4.42 Å². The van der Waals surface area contributed by atoms with Crippen LogP contribution in [0.1, 0.15) is 30.6 Å². The molecule has 1 unspecified atom stereocenters. The van der Waals surface area contributed by atoms with E-state index in [0.29, 0.717) is 12.5 Å². The van der Waals surface area contributed by atoms with Crippen molar-refractivity contribution < 1.29 is 12.8 Å². The molecule has 1 aliphatic rings. The lowest BCUT2D eigenvalue weighted by Gasteiger charge is -2.23. The minimum Gasteiger partial charge on any atom is -0.465 e. The van der Waals surface area contributed by atoms with E-state index in [1.54, 1.807) is 6.92 Å². The number of hydrogen-bond acceptors (Lipinski definition) is 5. The molecular formula is C17H26N4O3S. The number of nitrogens with zero attached hydrogens (tertiary/aromatic N) is 3. The monoisotopic (exact) mass is 366 g/mol. The van der Waals surface area contributed by atoms with Gasteiger partial charge in [-0.25, -0.2) is 13.1 Å². The molecule has 2 aromatic rings. The summed E-state index contributed by atoms with van der Waals surface area (Å²) in [4.78, 5) is 2.35. The second kappa shape index (κ2) is 7.72. The highest BCUT2D eigenvalue weighted by Gasteiger charge is 2.23. The molecule has 0 saturated carbocycles. The van der Waals surface area contributed by atoms with Gasteiger partial charge in [0.05, 0.1) is 18.0 Å². The van der Waals surface area contributed by atoms with Crippen LogP contribution in [0.3, 0.4) is 0 Å². The van der Waals surface area contributed by atoms with E-state index in [1.165, 1.54) is 5.69 Å². The van der Waals surface area contributed by atoms with Crippen molar-refractivity contribution in [3.63, 3.8) is 0 Å². The van der Waals surface area contributed by atoms with Crippen LogP contribution in [-0.2, 0) is 29.7 Å². The predicted molar refractivity (Wildman–Crippen MR) is 95.4 cm³/mol. The zero-order valence-electron chi connectivity index (χ0n) is 14.8. The molecule has 8 heteroatoms. The molecule has 7 nitrogen and oxygen atoms in total. The van der Waals surface area contributed by atoms with Crippen molar-refractivity contribution in [2.24, 2.45) is 5.92 Å². The molecule has 1 N–H and O–H groups in total. The summed E-state index contributed by atoms with van der Waals surface area (Å²) in [5.41, 5.74) is 1.18.